The predicted octanol–water partition coefficient (Wildman–Crippen LogP) is 3.50. The standard InChI is InChI=1S/C17H25N3/c1-6-18-16(17(3,4)5)11-15-12(2)19-13-9-7-8-10-14(13)20-15/h7-10,16,18H,6,11H2,1-5H3. The lowest BCUT2D eigenvalue weighted by atomic mass is 9.83. The fraction of sp³-hybridized carbons (Fsp3) is 0.529. The fourth-order valence-electron chi connectivity index (χ4n) is 2.44. The molecule has 0 aliphatic rings. The number of para-hydroxylation sites is 2. The summed E-state index contributed by atoms with van der Waals surface area (Å²) < 4.78 is 0. The third kappa shape index (κ3) is 3.34. The summed E-state index contributed by atoms with van der Waals surface area (Å²) >= 11 is 0. The molecule has 0 aliphatic heterocycles. The van der Waals surface area contributed by atoms with Crippen molar-refractivity contribution in [3.63, 3.8) is 0 Å². The van der Waals surface area contributed by atoms with E-state index in [9.17, 15) is 0 Å². The first-order valence-electron chi connectivity index (χ1n) is 7.37. The molecule has 0 radical (unpaired) electrons. The van der Waals surface area contributed by atoms with E-state index in [1.54, 1.807) is 0 Å². The SMILES string of the molecule is CCNC(Cc1nc2ccccc2nc1C)C(C)(C)C. The maximum Gasteiger partial charge on any atom is 0.0890 e. The molecule has 0 saturated carbocycles. The zero-order valence-electron chi connectivity index (χ0n) is 13.2. The highest BCUT2D eigenvalue weighted by Crippen LogP contribution is 2.23. The Balaban J connectivity index is 2.34. The molecule has 0 spiro atoms. The highest BCUT2D eigenvalue weighted by atomic mass is 14.9. The minimum atomic E-state index is 0.204. The van der Waals surface area contributed by atoms with E-state index in [-0.39, 0.29) is 5.41 Å². The molecule has 0 bridgehead atoms. The van der Waals surface area contributed by atoms with Crippen LogP contribution in [0.2, 0.25) is 0 Å². The number of likely N-dealkylation sites (N-methyl/N-ethyl adjacent to an activating group) is 1. The van der Waals surface area contributed by atoms with Crippen molar-refractivity contribution in [3.05, 3.63) is 35.7 Å². The highest BCUT2D eigenvalue weighted by Gasteiger charge is 2.25. The first kappa shape index (κ1) is 14.9. The van der Waals surface area contributed by atoms with Gasteiger partial charge in [-0.2, -0.15) is 0 Å². The van der Waals surface area contributed by atoms with Gasteiger partial charge < -0.3 is 5.32 Å². The Morgan fingerprint density at radius 1 is 1.10 bits per heavy atom. The highest BCUT2D eigenvalue weighted by molar-refractivity contribution is 5.74. The summed E-state index contributed by atoms with van der Waals surface area (Å²) in [4.78, 5) is 9.49. The summed E-state index contributed by atoms with van der Waals surface area (Å²) in [5.74, 6) is 0. The molecule has 1 unspecified atom stereocenters. The van der Waals surface area contributed by atoms with Gasteiger partial charge in [-0.1, -0.05) is 39.8 Å². The molecule has 0 saturated heterocycles. The van der Waals surface area contributed by atoms with Crippen LogP contribution in [0.25, 0.3) is 11.0 Å². The van der Waals surface area contributed by atoms with Crippen LogP contribution in [0.1, 0.15) is 39.1 Å². The molecule has 108 valence electrons. The molecular weight excluding hydrogens is 246 g/mol. The Kier molecular flexibility index (Phi) is 4.39. The quantitative estimate of drug-likeness (QED) is 0.924. The van der Waals surface area contributed by atoms with Gasteiger partial charge in [-0.3, -0.25) is 0 Å². The van der Waals surface area contributed by atoms with Crippen LogP contribution in [0, 0.1) is 12.3 Å². The van der Waals surface area contributed by atoms with E-state index in [0.717, 1.165) is 35.4 Å². The summed E-state index contributed by atoms with van der Waals surface area (Å²) in [5, 5.41) is 3.58. The van der Waals surface area contributed by atoms with Crippen LogP contribution >= 0.6 is 0 Å². The monoisotopic (exact) mass is 271 g/mol. The topological polar surface area (TPSA) is 37.8 Å². The smallest absolute Gasteiger partial charge is 0.0890 e. The van der Waals surface area contributed by atoms with Crippen molar-refractivity contribution in [2.75, 3.05) is 6.54 Å². The van der Waals surface area contributed by atoms with Gasteiger partial charge in [0.2, 0.25) is 0 Å². The minimum absolute atomic E-state index is 0.204. The molecule has 2 rings (SSSR count). The summed E-state index contributed by atoms with van der Waals surface area (Å²) in [6.45, 7) is 12.0. The van der Waals surface area contributed by atoms with Crippen molar-refractivity contribution in [3.8, 4) is 0 Å². The first-order chi connectivity index (χ1) is 9.41. The molecule has 1 heterocycles. The van der Waals surface area contributed by atoms with Gasteiger partial charge in [0, 0.05) is 12.5 Å². The molecule has 3 nitrogen and oxygen atoms in total. The van der Waals surface area contributed by atoms with Gasteiger partial charge in [-0.05, 0) is 31.0 Å². The van der Waals surface area contributed by atoms with Crippen molar-refractivity contribution < 1.29 is 0 Å². The Morgan fingerprint density at radius 3 is 2.25 bits per heavy atom. The van der Waals surface area contributed by atoms with E-state index < -0.39 is 0 Å². The van der Waals surface area contributed by atoms with Crippen molar-refractivity contribution in [2.45, 2.75) is 47.1 Å². The summed E-state index contributed by atoms with van der Waals surface area (Å²) in [7, 11) is 0. The molecule has 0 aliphatic carbocycles. The summed E-state index contributed by atoms with van der Waals surface area (Å²) in [6.07, 6.45) is 0.918. The molecule has 0 fully saturated rings. The number of aryl methyl sites for hydroxylation is 1. The van der Waals surface area contributed by atoms with Gasteiger partial charge in [0.05, 0.1) is 22.4 Å². The molecule has 3 heteroatoms. The van der Waals surface area contributed by atoms with E-state index in [1.807, 2.05) is 24.3 Å². The normalized spacial score (nSPS) is 13.7. The van der Waals surface area contributed by atoms with Gasteiger partial charge in [0.1, 0.15) is 0 Å². The Hall–Kier alpha value is -1.48. The largest absolute Gasteiger partial charge is 0.313 e. The number of nitrogens with one attached hydrogen (secondary N) is 1. The van der Waals surface area contributed by atoms with Crippen LogP contribution in [0.5, 0.6) is 0 Å². The second-order valence-electron chi connectivity index (χ2n) is 6.42. The zero-order chi connectivity index (χ0) is 14.8. The van der Waals surface area contributed by atoms with E-state index in [0.29, 0.717) is 6.04 Å². The Morgan fingerprint density at radius 2 is 1.70 bits per heavy atom. The van der Waals surface area contributed by atoms with E-state index in [1.165, 1.54) is 0 Å². The van der Waals surface area contributed by atoms with Crippen molar-refractivity contribution in [1.29, 1.82) is 0 Å². The van der Waals surface area contributed by atoms with Crippen LogP contribution in [-0.2, 0) is 6.42 Å². The third-order valence-corrected chi connectivity index (χ3v) is 3.74. The fourth-order valence-corrected chi connectivity index (χ4v) is 2.44. The number of hydrogen-bond acceptors (Lipinski definition) is 3. The lowest BCUT2D eigenvalue weighted by molar-refractivity contribution is 0.268. The van der Waals surface area contributed by atoms with Gasteiger partial charge in [-0.15, -0.1) is 0 Å². The molecule has 0 amide bonds. The average molecular weight is 271 g/mol. The maximum atomic E-state index is 4.81. The lowest BCUT2D eigenvalue weighted by Crippen LogP contribution is -2.42. The zero-order valence-corrected chi connectivity index (χ0v) is 13.2. The van der Waals surface area contributed by atoms with Crippen molar-refractivity contribution >= 4 is 11.0 Å². The third-order valence-electron chi connectivity index (χ3n) is 3.74. The molecule has 20 heavy (non-hydrogen) atoms. The lowest BCUT2D eigenvalue weighted by Gasteiger charge is -2.31. The van der Waals surface area contributed by atoms with Gasteiger partial charge in [0.15, 0.2) is 0 Å². The number of aromatic nitrogens is 2. The molecule has 1 N–H and O–H groups in total. The summed E-state index contributed by atoms with van der Waals surface area (Å²) in [6, 6.07) is 8.48. The number of benzene rings is 1. The number of rotatable bonds is 4. The van der Waals surface area contributed by atoms with E-state index in [4.69, 9.17) is 4.98 Å². The molecular formula is C17H25N3. The number of fused-ring (bicyclic) bond motifs is 1. The Labute approximate surface area is 121 Å². The van der Waals surface area contributed by atoms with Crippen LogP contribution in [-0.4, -0.2) is 22.6 Å². The van der Waals surface area contributed by atoms with Crippen LogP contribution in [0.4, 0.5) is 0 Å². The van der Waals surface area contributed by atoms with Gasteiger partial charge in [-0.25, -0.2) is 9.97 Å². The second-order valence-corrected chi connectivity index (χ2v) is 6.42. The summed E-state index contributed by atoms with van der Waals surface area (Å²) in [5.41, 5.74) is 4.30. The van der Waals surface area contributed by atoms with Crippen LogP contribution < -0.4 is 5.32 Å². The van der Waals surface area contributed by atoms with E-state index in [2.05, 4.69) is 44.9 Å². The molecule has 1 aromatic carbocycles. The Bertz CT molecular complexity index is 584. The van der Waals surface area contributed by atoms with E-state index >= 15 is 0 Å². The minimum Gasteiger partial charge on any atom is -0.313 e. The van der Waals surface area contributed by atoms with Crippen molar-refractivity contribution in [2.24, 2.45) is 5.41 Å². The predicted molar refractivity (Wildman–Crippen MR) is 84.9 cm³/mol. The molecule has 2 aromatic rings. The maximum absolute atomic E-state index is 4.81. The first-order valence-corrected chi connectivity index (χ1v) is 7.37. The number of hydrogen-bond donors (Lipinski definition) is 1. The van der Waals surface area contributed by atoms with Gasteiger partial charge in [0.25, 0.3) is 0 Å². The van der Waals surface area contributed by atoms with Crippen LogP contribution in [0.15, 0.2) is 24.3 Å². The van der Waals surface area contributed by atoms with Gasteiger partial charge >= 0.3 is 0 Å². The van der Waals surface area contributed by atoms with Crippen molar-refractivity contribution in [1.82, 2.24) is 15.3 Å². The molecule has 1 aromatic heterocycles. The number of nitrogens with zero attached hydrogens (tertiary/aromatic N) is 2. The second kappa shape index (κ2) is 5.88. The average Bonchev–Trinajstić information content (AvgIpc) is 2.37. The molecule has 1 atom stereocenters. The van der Waals surface area contributed by atoms with Crippen LogP contribution in [0.3, 0.4) is 0 Å².